The van der Waals surface area contributed by atoms with Gasteiger partial charge in [-0.05, 0) is 37.6 Å². The van der Waals surface area contributed by atoms with Gasteiger partial charge in [-0.2, -0.15) is 10.2 Å². The highest BCUT2D eigenvalue weighted by Gasteiger charge is 2.06. The van der Waals surface area contributed by atoms with Crippen molar-refractivity contribution in [2.45, 2.75) is 27.0 Å². The van der Waals surface area contributed by atoms with Gasteiger partial charge in [-0.1, -0.05) is 42.5 Å². The van der Waals surface area contributed by atoms with Crippen molar-refractivity contribution in [3.05, 3.63) is 83.2 Å². The predicted molar refractivity (Wildman–Crippen MR) is 105 cm³/mol. The van der Waals surface area contributed by atoms with Crippen molar-refractivity contribution < 1.29 is 9.53 Å². The average Bonchev–Trinajstić information content (AvgIpc) is 2.98. The van der Waals surface area contributed by atoms with Crippen molar-refractivity contribution in [3.8, 4) is 5.75 Å². The molecule has 0 atom stereocenters. The standard InChI is InChI=1S/C21H22N4O2/c1-16-12-17(2)25(24-16)14-21(26)23-22-13-19-10-6-7-11-20(19)27-15-18-8-4-3-5-9-18/h3-13H,14-15H2,1-2H3,(H,23,26). The van der Waals surface area contributed by atoms with E-state index in [1.54, 1.807) is 10.9 Å². The molecule has 0 unspecified atom stereocenters. The minimum Gasteiger partial charge on any atom is -0.488 e. The highest BCUT2D eigenvalue weighted by atomic mass is 16.5. The zero-order valence-electron chi connectivity index (χ0n) is 15.4. The summed E-state index contributed by atoms with van der Waals surface area (Å²) in [6.45, 7) is 4.40. The second-order valence-corrected chi connectivity index (χ2v) is 6.19. The normalized spacial score (nSPS) is 10.9. The Morgan fingerprint density at radius 3 is 2.63 bits per heavy atom. The lowest BCUT2D eigenvalue weighted by Crippen LogP contribution is -2.24. The molecule has 0 spiro atoms. The largest absolute Gasteiger partial charge is 0.488 e. The monoisotopic (exact) mass is 362 g/mol. The Labute approximate surface area is 158 Å². The zero-order valence-corrected chi connectivity index (χ0v) is 15.4. The fourth-order valence-corrected chi connectivity index (χ4v) is 2.63. The molecule has 138 valence electrons. The molecule has 0 radical (unpaired) electrons. The van der Waals surface area contributed by atoms with Crippen molar-refractivity contribution in [2.24, 2.45) is 5.10 Å². The molecule has 27 heavy (non-hydrogen) atoms. The van der Waals surface area contributed by atoms with Crippen molar-refractivity contribution in [1.82, 2.24) is 15.2 Å². The maximum atomic E-state index is 12.0. The Morgan fingerprint density at radius 2 is 1.89 bits per heavy atom. The van der Waals surface area contributed by atoms with Crippen LogP contribution in [0.1, 0.15) is 22.5 Å². The minimum atomic E-state index is -0.236. The molecule has 0 bridgehead atoms. The van der Waals surface area contributed by atoms with Gasteiger partial charge in [-0.3, -0.25) is 9.48 Å². The molecule has 6 nitrogen and oxygen atoms in total. The van der Waals surface area contributed by atoms with Gasteiger partial charge in [0.2, 0.25) is 0 Å². The molecule has 1 heterocycles. The van der Waals surface area contributed by atoms with Crippen molar-refractivity contribution in [2.75, 3.05) is 0 Å². The number of rotatable bonds is 7. The van der Waals surface area contributed by atoms with Gasteiger partial charge >= 0.3 is 0 Å². The van der Waals surface area contributed by atoms with Crippen LogP contribution >= 0.6 is 0 Å². The van der Waals surface area contributed by atoms with Gasteiger partial charge in [-0.15, -0.1) is 0 Å². The number of para-hydroxylation sites is 1. The molecular formula is C21H22N4O2. The Hall–Kier alpha value is -3.41. The number of benzene rings is 2. The first kappa shape index (κ1) is 18.4. The van der Waals surface area contributed by atoms with Crippen molar-refractivity contribution in [1.29, 1.82) is 0 Å². The highest BCUT2D eigenvalue weighted by Crippen LogP contribution is 2.17. The lowest BCUT2D eigenvalue weighted by Gasteiger charge is -2.09. The maximum absolute atomic E-state index is 12.0. The third kappa shape index (κ3) is 5.28. The summed E-state index contributed by atoms with van der Waals surface area (Å²) in [5, 5.41) is 8.31. The second-order valence-electron chi connectivity index (χ2n) is 6.19. The number of hydrogen-bond acceptors (Lipinski definition) is 4. The molecule has 0 fully saturated rings. The summed E-state index contributed by atoms with van der Waals surface area (Å²) in [7, 11) is 0. The molecule has 1 N–H and O–H groups in total. The molecular weight excluding hydrogens is 340 g/mol. The SMILES string of the molecule is Cc1cc(C)n(CC(=O)NN=Cc2ccccc2OCc2ccccc2)n1. The van der Waals surface area contributed by atoms with E-state index < -0.39 is 0 Å². The number of nitrogens with zero attached hydrogens (tertiary/aromatic N) is 3. The fraction of sp³-hybridized carbons (Fsp3) is 0.190. The summed E-state index contributed by atoms with van der Waals surface area (Å²) in [6, 6.07) is 19.4. The summed E-state index contributed by atoms with van der Waals surface area (Å²) in [4.78, 5) is 12.0. The van der Waals surface area contributed by atoms with Gasteiger partial charge in [-0.25, -0.2) is 5.43 Å². The lowest BCUT2D eigenvalue weighted by atomic mass is 10.2. The molecule has 1 amide bonds. The van der Waals surface area contributed by atoms with Crippen LogP contribution in [0.2, 0.25) is 0 Å². The quantitative estimate of drug-likeness (QED) is 0.518. The van der Waals surface area contributed by atoms with Gasteiger partial charge in [0, 0.05) is 11.3 Å². The fourth-order valence-electron chi connectivity index (χ4n) is 2.63. The van der Waals surface area contributed by atoms with Gasteiger partial charge < -0.3 is 4.74 Å². The molecule has 3 rings (SSSR count). The van der Waals surface area contributed by atoms with E-state index in [0.29, 0.717) is 12.4 Å². The molecule has 1 aromatic heterocycles. The van der Waals surface area contributed by atoms with Crippen LogP contribution in [0.25, 0.3) is 0 Å². The van der Waals surface area contributed by atoms with E-state index in [-0.39, 0.29) is 12.5 Å². The third-order valence-electron chi connectivity index (χ3n) is 3.95. The van der Waals surface area contributed by atoms with Crippen LogP contribution < -0.4 is 10.2 Å². The van der Waals surface area contributed by atoms with Crippen LogP contribution in [0.3, 0.4) is 0 Å². The minimum absolute atomic E-state index is 0.128. The summed E-state index contributed by atoms with van der Waals surface area (Å²) in [6.07, 6.45) is 1.58. The van der Waals surface area contributed by atoms with Crippen LogP contribution in [0.4, 0.5) is 0 Å². The topological polar surface area (TPSA) is 68.5 Å². The third-order valence-corrected chi connectivity index (χ3v) is 3.95. The molecule has 6 heteroatoms. The molecule has 2 aromatic carbocycles. The number of carbonyl (C=O) groups excluding carboxylic acids is 1. The Morgan fingerprint density at radius 1 is 1.15 bits per heavy atom. The number of carbonyl (C=O) groups is 1. The predicted octanol–water partition coefficient (Wildman–Crippen LogP) is 3.23. The lowest BCUT2D eigenvalue weighted by molar-refractivity contribution is -0.121. The number of hydrogen-bond donors (Lipinski definition) is 1. The number of aryl methyl sites for hydroxylation is 2. The number of amides is 1. The van der Waals surface area contributed by atoms with Gasteiger partial charge in [0.15, 0.2) is 0 Å². The number of hydrazone groups is 1. The first-order valence-electron chi connectivity index (χ1n) is 8.70. The number of aromatic nitrogens is 2. The summed E-state index contributed by atoms with van der Waals surface area (Å²) in [5.41, 5.74) is 6.23. The number of nitrogens with one attached hydrogen (secondary N) is 1. The Kier molecular flexibility index (Phi) is 5.99. The van der Waals surface area contributed by atoms with Crippen LogP contribution in [0.5, 0.6) is 5.75 Å². The first-order chi connectivity index (χ1) is 13.1. The molecule has 0 aliphatic rings. The molecule has 3 aromatic rings. The van der Waals surface area contributed by atoms with Gasteiger partial charge in [0.05, 0.1) is 11.9 Å². The summed E-state index contributed by atoms with van der Waals surface area (Å²) < 4.78 is 7.53. The zero-order chi connectivity index (χ0) is 19.1. The Balaban J connectivity index is 1.58. The average molecular weight is 362 g/mol. The van der Waals surface area contributed by atoms with E-state index >= 15 is 0 Å². The molecule has 0 saturated carbocycles. The first-order valence-corrected chi connectivity index (χ1v) is 8.70. The smallest absolute Gasteiger partial charge is 0.261 e. The molecule has 0 saturated heterocycles. The van der Waals surface area contributed by atoms with Crippen molar-refractivity contribution >= 4 is 12.1 Å². The van der Waals surface area contributed by atoms with Gasteiger partial charge in [0.25, 0.3) is 5.91 Å². The van der Waals surface area contributed by atoms with Gasteiger partial charge in [0.1, 0.15) is 18.9 Å². The van der Waals surface area contributed by atoms with Crippen LogP contribution in [-0.2, 0) is 17.9 Å². The van der Waals surface area contributed by atoms with E-state index in [4.69, 9.17) is 4.74 Å². The van der Waals surface area contributed by atoms with Crippen LogP contribution in [-0.4, -0.2) is 21.9 Å². The molecule has 0 aliphatic heterocycles. The van der Waals surface area contributed by atoms with Crippen LogP contribution in [0, 0.1) is 13.8 Å². The van der Waals surface area contributed by atoms with Crippen LogP contribution in [0.15, 0.2) is 65.8 Å². The van der Waals surface area contributed by atoms with E-state index in [1.807, 2.05) is 74.5 Å². The summed E-state index contributed by atoms with van der Waals surface area (Å²) >= 11 is 0. The summed E-state index contributed by atoms with van der Waals surface area (Å²) in [5.74, 6) is 0.470. The van der Waals surface area contributed by atoms with E-state index in [9.17, 15) is 4.79 Å². The molecule has 0 aliphatic carbocycles. The van der Waals surface area contributed by atoms with E-state index in [1.165, 1.54) is 0 Å². The Bertz CT molecular complexity index is 932. The van der Waals surface area contributed by atoms with Crippen molar-refractivity contribution in [3.63, 3.8) is 0 Å². The maximum Gasteiger partial charge on any atom is 0.261 e. The highest BCUT2D eigenvalue weighted by molar-refractivity contribution is 5.85. The van der Waals surface area contributed by atoms with E-state index in [0.717, 1.165) is 22.5 Å². The number of ether oxygens (including phenoxy) is 1. The van der Waals surface area contributed by atoms with E-state index in [2.05, 4.69) is 15.6 Å². The second kappa shape index (κ2) is 8.80.